The number of halogens is 1. The minimum atomic E-state index is 0.648. The van der Waals surface area contributed by atoms with Gasteiger partial charge in [-0.25, -0.2) is 15.0 Å². The second-order valence-electron chi connectivity index (χ2n) is 4.46. The van der Waals surface area contributed by atoms with Crippen molar-refractivity contribution < 1.29 is 4.74 Å². The van der Waals surface area contributed by atoms with Crippen molar-refractivity contribution in [2.45, 2.75) is 13.1 Å². The van der Waals surface area contributed by atoms with Gasteiger partial charge in [0.15, 0.2) is 5.65 Å². The maximum atomic E-state index is 5.24. The molecule has 108 valence electrons. The number of methoxy groups -OCH3 is 1. The lowest BCUT2D eigenvalue weighted by atomic mass is 10.2. The van der Waals surface area contributed by atoms with Crippen LogP contribution in [-0.4, -0.2) is 26.5 Å². The largest absolute Gasteiger partial charge is 0.481 e. The average molecular weight is 348 g/mol. The van der Waals surface area contributed by atoms with E-state index in [4.69, 9.17) is 4.74 Å². The van der Waals surface area contributed by atoms with Gasteiger partial charge in [-0.15, -0.1) is 0 Å². The van der Waals surface area contributed by atoms with Crippen LogP contribution < -0.4 is 10.1 Å². The van der Waals surface area contributed by atoms with E-state index in [-0.39, 0.29) is 0 Å². The zero-order chi connectivity index (χ0) is 14.7. The molecule has 6 nitrogen and oxygen atoms in total. The van der Waals surface area contributed by atoms with Crippen molar-refractivity contribution in [1.82, 2.24) is 24.7 Å². The van der Waals surface area contributed by atoms with Crippen LogP contribution in [0.15, 0.2) is 41.5 Å². The zero-order valence-electron chi connectivity index (χ0n) is 11.5. The summed E-state index contributed by atoms with van der Waals surface area (Å²) in [7, 11) is 1.63. The molecule has 0 fully saturated rings. The molecule has 3 rings (SSSR count). The van der Waals surface area contributed by atoms with Crippen LogP contribution in [0.5, 0.6) is 5.88 Å². The van der Waals surface area contributed by atoms with E-state index in [2.05, 4.69) is 36.2 Å². The Morgan fingerprint density at radius 3 is 3.00 bits per heavy atom. The van der Waals surface area contributed by atoms with Crippen molar-refractivity contribution >= 4 is 21.6 Å². The van der Waals surface area contributed by atoms with E-state index < -0.39 is 0 Å². The normalized spacial score (nSPS) is 11.0. The van der Waals surface area contributed by atoms with Gasteiger partial charge in [-0.05, 0) is 22.0 Å². The Kier molecular flexibility index (Phi) is 4.12. The summed E-state index contributed by atoms with van der Waals surface area (Å²) >= 11 is 3.37. The highest BCUT2D eigenvalue weighted by Gasteiger charge is 2.06. The van der Waals surface area contributed by atoms with Gasteiger partial charge in [0, 0.05) is 31.0 Å². The predicted octanol–water partition coefficient (Wildman–Crippen LogP) is 2.19. The molecule has 0 aromatic carbocycles. The highest BCUT2D eigenvalue weighted by molar-refractivity contribution is 9.10. The minimum absolute atomic E-state index is 0.648. The molecule has 7 heteroatoms. The molecule has 3 aromatic rings. The molecule has 3 heterocycles. The Morgan fingerprint density at radius 1 is 1.24 bits per heavy atom. The fraction of sp³-hybridized carbons (Fsp3) is 0.214. The third-order valence-electron chi connectivity index (χ3n) is 3.11. The van der Waals surface area contributed by atoms with Crippen LogP contribution in [0.1, 0.15) is 11.3 Å². The van der Waals surface area contributed by atoms with Crippen LogP contribution in [-0.2, 0) is 13.1 Å². The monoisotopic (exact) mass is 347 g/mol. The van der Waals surface area contributed by atoms with Gasteiger partial charge in [-0.2, -0.15) is 0 Å². The number of hydrogen-bond donors (Lipinski definition) is 1. The molecule has 0 unspecified atom stereocenters. The molecule has 3 aromatic heterocycles. The Labute approximate surface area is 130 Å². The molecule has 1 N–H and O–H groups in total. The lowest BCUT2D eigenvalue weighted by molar-refractivity contribution is 0.390. The Balaban J connectivity index is 1.71. The van der Waals surface area contributed by atoms with E-state index >= 15 is 0 Å². The molecule has 0 aliphatic rings. The van der Waals surface area contributed by atoms with E-state index in [1.165, 1.54) is 0 Å². The van der Waals surface area contributed by atoms with Gasteiger partial charge in [0.1, 0.15) is 4.60 Å². The maximum Gasteiger partial charge on any atom is 0.217 e. The van der Waals surface area contributed by atoms with Crippen LogP contribution in [0, 0.1) is 0 Å². The number of nitrogens with zero attached hydrogens (tertiary/aromatic N) is 4. The fourth-order valence-corrected chi connectivity index (χ4v) is 2.42. The Hall–Kier alpha value is -1.99. The van der Waals surface area contributed by atoms with Crippen LogP contribution in [0.2, 0.25) is 0 Å². The SMILES string of the molecule is COc1ncccc1CNCc1cnc2cnc(Br)cn12. The number of imidazole rings is 1. The zero-order valence-corrected chi connectivity index (χ0v) is 13.0. The van der Waals surface area contributed by atoms with Crippen molar-refractivity contribution in [1.29, 1.82) is 0 Å². The third kappa shape index (κ3) is 3.03. The van der Waals surface area contributed by atoms with Crippen molar-refractivity contribution in [3.05, 3.63) is 52.8 Å². The van der Waals surface area contributed by atoms with Gasteiger partial charge >= 0.3 is 0 Å². The molecule has 0 bridgehead atoms. The summed E-state index contributed by atoms with van der Waals surface area (Å²) in [6.45, 7) is 1.37. The number of hydrogen-bond acceptors (Lipinski definition) is 5. The van der Waals surface area contributed by atoms with Crippen LogP contribution >= 0.6 is 15.9 Å². The summed E-state index contributed by atoms with van der Waals surface area (Å²) < 4.78 is 8.02. The summed E-state index contributed by atoms with van der Waals surface area (Å²) in [5.41, 5.74) is 2.92. The number of pyridine rings is 1. The number of aromatic nitrogens is 4. The lowest BCUT2D eigenvalue weighted by Gasteiger charge is -2.08. The molecule has 21 heavy (non-hydrogen) atoms. The van der Waals surface area contributed by atoms with Gasteiger partial charge in [-0.1, -0.05) is 6.07 Å². The molecule has 0 saturated heterocycles. The molecular weight excluding hydrogens is 334 g/mol. The second kappa shape index (κ2) is 6.19. The molecule has 0 aliphatic heterocycles. The first-order valence-electron chi connectivity index (χ1n) is 6.44. The molecular formula is C14H14BrN5O. The molecule has 0 atom stereocenters. The van der Waals surface area contributed by atoms with Crippen molar-refractivity contribution in [3.63, 3.8) is 0 Å². The standard InChI is InChI=1S/C14H14BrN5O/c1-21-14-10(3-2-4-17-14)5-16-6-11-7-19-13-8-18-12(15)9-20(11)13/h2-4,7-9,16H,5-6H2,1H3. The quantitative estimate of drug-likeness (QED) is 0.766. The first-order chi connectivity index (χ1) is 10.3. The predicted molar refractivity (Wildman–Crippen MR) is 82.0 cm³/mol. The molecule has 0 aliphatic carbocycles. The van der Waals surface area contributed by atoms with Crippen molar-refractivity contribution in [2.24, 2.45) is 0 Å². The number of fused-ring (bicyclic) bond motifs is 1. The second-order valence-corrected chi connectivity index (χ2v) is 5.28. The van der Waals surface area contributed by atoms with Gasteiger partial charge in [0.05, 0.1) is 25.2 Å². The van der Waals surface area contributed by atoms with E-state index in [1.54, 1.807) is 19.5 Å². The third-order valence-corrected chi connectivity index (χ3v) is 3.52. The topological polar surface area (TPSA) is 64.3 Å². The minimum Gasteiger partial charge on any atom is -0.481 e. The number of nitrogens with one attached hydrogen (secondary N) is 1. The first kappa shape index (κ1) is 14.0. The summed E-state index contributed by atoms with van der Waals surface area (Å²) in [6.07, 6.45) is 7.20. The lowest BCUT2D eigenvalue weighted by Crippen LogP contribution is -2.15. The van der Waals surface area contributed by atoms with Crippen LogP contribution in [0.25, 0.3) is 5.65 Å². The van der Waals surface area contributed by atoms with Gasteiger partial charge in [-0.3, -0.25) is 4.40 Å². The fourth-order valence-electron chi connectivity index (χ4n) is 2.11. The van der Waals surface area contributed by atoms with Crippen LogP contribution in [0.4, 0.5) is 0 Å². The van der Waals surface area contributed by atoms with Crippen molar-refractivity contribution in [2.75, 3.05) is 7.11 Å². The van der Waals surface area contributed by atoms with Crippen molar-refractivity contribution in [3.8, 4) is 5.88 Å². The molecule has 0 spiro atoms. The molecule has 0 saturated carbocycles. The Bertz CT molecular complexity index is 758. The summed E-state index contributed by atoms with van der Waals surface area (Å²) in [6, 6.07) is 3.89. The van der Waals surface area contributed by atoms with Gasteiger partial charge in [0.2, 0.25) is 5.88 Å². The van der Waals surface area contributed by atoms with E-state index in [1.807, 2.05) is 28.9 Å². The first-order valence-corrected chi connectivity index (χ1v) is 7.23. The molecule has 0 radical (unpaired) electrons. The highest BCUT2D eigenvalue weighted by Crippen LogP contribution is 2.14. The Morgan fingerprint density at radius 2 is 2.14 bits per heavy atom. The summed E-state index contributed by atoms with van der Waals surface area (Å²) in [4.78, 5) is 12.7. The smallest absolute Gasteiger partial charge is 0.217 e. The van der Waals surface area contributed by atoms with E-state index in [9.17, 15) is 0 Å². The summed E-state index contributed by atoms with van der Waals surface area (Å²) in [5.74, 6) is 0.648. The average Bonchev–Trinajstić information content (AvgIpc) is 2.90. The number of rotatable bonds is 5. The number of ether oxygens (including phenoxy) is 1. The van der Waals surface area contributed by atoms with E-state index in [0.29, 0.717) is 19.0 Å². The maximum absolute atomic E-state index is 5.24. The van der Waals surface area contributed by atoms with E-state index in [0.717, 1.165) is 21.5 Å². The van der Waals surface area contributed by atoms with Crippen LogP contribution in [0.3, 0.4) is 0 Å². The van der Waals surface area contributed by atoms with Gasteiger partial charge < -0.3 is 10.1 Å². The summed E-state index contributed by atoms with van der Waals surface area (Å²) in [5, 5.41) is 3.37. The van der Waals surface area contributed by atoms with Gasteiger partial charge in [0.25, 0.3) is 0 Å². The molecule has 0 amide bonds. The highest BCUT2D eigenvalue weighted by atomic mass is 79.9.